The van der Waals surface area contributed by atoms with Gasteiger partial charge in [-0.25, -0.2) is 4.99 Å². The lowest BCUT2D eigenvalue weighted by molar-refractivity contribution is -0.122. The second-order valence-corrected chi connectivity index (χ2v) is 8.57. The topological polar surface area (TPSA) is 134 Å². The number of aliphatic imine (C=N–C) groups is 1. The summed E-state index contributed by atoms with van der Waals surface area (Å²) in [4.78, 5) is 30.2. The molecular formula is C29H34N4O6. The first-order chi connectivity index (χ1) is 18.8. The van der Waals surface area contributed by atoms with Crippen LogP contribution in [0.25, 0.3) is 0 Å². The molecule has 0 saturated heterocycles. The van der Waals surface area contributed by atoms with E-state index in [1.54, 1.807) is 44.6 Å². The number of rotatable bonds is 12. The number of guanidine groups is 1. The summed E-state index contributed by atoms with van der Waals surface area (Å²) in [7, 11) is 6.17. The molecule has 1 atom stereocenters. The van der Waals surface area contributed by atoms with Crippen LogP contribution in [0.3, 0.4) is 0 Å². The molecule has 0 bridgehead atoms. The van der Waals surface area contributed by atoms with Crippen molar-refractivity contribution in [1.82, 2.24) is 10.6 Å². The number of benzene rings is 3. The minimum atomic E-state index is -0.871. The number of nitrogens with two attached hydrogens (primary N) is 1. The zero-order chi connectivity index (χ0) is 28.2. The van der Waals surface area contributed by atoms with Gasteiger partial charge in [-0.15, -0.1) is 0 Å². The number of amides is 2. The van der Waals surface area contributed by atoms with E-state index in [1.807, 2.05) is 36.4 Å². The van der Waals surface area contributed by atoms with Crippen molar-refractivity contribution in [1.29, 1.82) is 0 Å². The smallest absolute Gasteiger partial charge is 0.245 e. The first-order valence-corrected chi connectivity index (χ1v) is 12.2. The third-order valence-electron chi connectivity index (χ3n) is 5.83. The Hall–Kier alpha value is -4.73. The number of methoxy groups -OCH3 is 4. The molecule has 39 heavy (non-hydrogen) atoms. The summed E-state index contributed by atoms with van der Waals surface area (Å²) in [6.07, 6.45) is 0.306. The van der Waals surface area contributed by atoms with Crippen LogP contribution in [0.1, 0.15) is 16.7 Å². The average Bonchev–Trinajstić information content (AvgIpc) is 2.95. The fraction of sp³-hybridized carbons (Fsp3) is 0.276. The minimum absolute atomic E-state index is 0.0125. The molecule has 4 N–H and O–H groups in total. The van der Waals surface area contributed by atoms with Gasteiger partial charge >= 0.3 is 0 Å². The highest BCUT2D eigenvalue weighted by atomic mass is 16.5. The number of ether oxygens (including phenoxy) is 4. The van der Waals surface area contributed by atoms with Gasteiger partial charge in [0.05, 0.1) is 34.9 Å². The van der Waals surface area contributed by atoms with Crippen molar-refractivity contribution in [3.05, 3.63) is 83.4 Å². The van der Waals surface area contributed by atoms with Gasteiger partial charge in [0.15, 0.2) is 17.5 Å². The quantitative estimate of drug-likeness (QED) is 0.240. The number of carbonyl (C=O) groups is 2. The first kappa shape index (κ1) is 28.8. The molecule has 0 radical (unpaired) electrons. The summed E-state index contributed by atoms with van der Waals surface area (Å²) in [5.41, 5.74) is 8.46. The van der Waals surface area contributed by atoms with E-state index in [0.29, 0.717) is 35.0 Å². The zero-order valence-electron chi connectivity index (χ0n) is 22.5. The molecule has 3 rings (SSSR count). The number of nitrogens with one attached hydrogen (secondary N) is 2. The van der Waals surface area contributed by atoms with Gasteiger partial charge in [0.2, 0.25) is 11.8 Å². The largest absolute Gasteiger partial charge is 0.497 e. The van der Waals surface area contributed by atoms with Crippen LogP contribution >= 0.6 is 0 Å². The van der Waals surface area contributed by atoms with Gasteiger partial charge in [0.1, 0.15) is 17.5 Å². The fourth-order valence-corrected chi connectivity index (χ4v) is 3.87. The Morgan fingerprint density at radius 1 is 0.795 bits per heavy atom. The standard InChI is InChI=1S/C29H34N4O6/c1-36-22-12-21(13-23(17-22)37-2)16-27(34)33-29(30)32-24(14-19-8-6-5-7-9-19)28(35)31-18-20-10-11-25(38-3)26(15-20)39-4/h5-13,15,17,24H,14,16,18H2,1-4H3,(H,31,35)(H3,30,32,33,34). The lowest BCUT2D eigenvalue weighted by Crippen LogP contribution is -2.42. The molecule has 0 aromatic heterocycles. The SMILES string of the molecule is COc1cc(CC(=O)NC(N)=NC(Cc2ccccc2)C(=O)NCc2ccc(OC)c(OC)c2)cc(OC)c1. The van der Waals surface area contributed by atoms with Gasteiger partial charge in [-0.1, -0.05) is 36.4 Å². The van der Waals surface area contributed by atoms with Crippen LogP contribution in [0, 0.1) is 0 Å². The van der Waals surface area contributed by atoms with E-state index in [1.165, 1.54) is 14.2 Å². The molecule has 10 heteroatoms. The lowest BCUT2D eigenvalue weighted by Gasteiger charge is -2.16. The van der Waals surface area contributed by atoms with Crippen molar-refractivity contribution < 1.29 is 28.5 Å². The highest BCUT2D eigenvalue weighted by molar-refractivity contribution is 5.98. The molecule has 0 saturated carbocycles. The predicted molar refractivity (Wildman–Crippen MR) is 148 cm³/mol. The van der Waals surface area contributed by atoms with Crippen molar-refractivity contribution in [2.75, 3.05) is 28.4 Å². The Balaban J connectivity index is 1.72. The summed E-state index contributed by atoms with van der Waals surface area (Å²) in [5, 5.41) is 5.47. The third-order valence-corrected chi connectivity index (χ3v) is 5.83. The molecule has 0 fully saturated rings. The van der Waals surface area contributed by atoms with E-state index in [2.05, 4.69) is 15.6 Å². The van der Waals surface area contributed by atoms with Crippen LogP contribution < -0.4 is 35.3 Å². The van der Waals surface area contributed by atoms with Crippen molar-refractivity contribution in [2.24, 2.45) is 10.7 Å². The van der Waals surface area contributed by atoms with Crippen LogP contribution in [0.2, 0.25) is 0 Å². The second kappa shape index (κ2) is 14.3. The molecule has 1 unspecified atom stereocenters. The van der Waals surface area contributed by atoms with E-state index in [0.717, 1.165) is 11.1 Å². The van der Waals surface area contributed by atoms with Crippen molar-refractivity contribution in [2.45, 2.75) is 25.4 Å². The Bertz CT molecular complexity index is 1270. The molecular weight excluding hydrogens is 500 g/mol. The van der Waals surface area contributed by atoms with Crippen molar-refractivity contribution >= 4 is 17.8 Å². The van der Waals surface area contributed by atoms with E-state index < -0.39 is 11.9 Å². The monoisotopic (exact) mass is 534 g/mol. The Morgan fingerprint density at radius 2 is 1.46 bits per heavy atom. The third kappa shape index (κ3) is 8.67. The fourth-order valence-electron chi connectivity index (χ4n) is 3.87. The van der Waals surface area contributed by atoms with E-state index in [9.17, 15) is 9.59 Å². The number of nitrogens with zero attached hydrogens (tertiary/aromatic N) is 1. The van der Waals surface area contributed by atoms with Crippen LogP contribution in [0.5, 0.6) is 23.0 Å². The average molecular weight is 535 g/mol. The maximum atomic E-state index is 13.2. The molecule has 206 valence electrons. The summed E-state index contributed by atoms with van der Waals surface area (Å²) in [5.74, 6) is 1.38. The lowest BCUT2D eigenvalue weighted by atomic mass is 10.1. The molecule has 10 nitrogen and oxygen atoms in total. The van der Waals surface area contributed by atoms with E-state index >= 15 is 0 Å². The Labute approximate surface area is 228 Å². The summed E-state index contributed by atoms with van der Waals surface area (Å²) >= 11 is 0. The van der Waals surface area contributed by atoms with Crippen molar-refractivity contribution in [3.63, 3.8) is 0 Å². The second-order valence-electron chi connectivity index (χ2n) is 8.57. The van der Waals surface area contributed by atoms with E-state index in [-0.39, 0.29) is 24.8 Å². The van der Waals surface area contributed by atoms with Crippen LogP contribution in [-0.2, 0) is 29.0 Å². The maximum absolute atomic E-state index is 13.2. The molecule has 0 aliphatic rings. The van der Waals surface area contributed by atoms with Gasteiger partial charge in [-0.2, -0.15) is 0 Å². The highest BCUT2D eigenvalue weighted by Crippen LogP contribution is 2.27. The molecule has 0 spiro atoms. The summed E-state index contributed by atoms with van der Waals surface area (Å²) in [6, 6.07) is 19.1. The van der Waals surface area contributed by atoms with Gasteiger partial charge < -0.3 is 30.0 Å². The summed E-state index contributed by atoms with van der Waals surface area (Å²) < 4.78 is 21.1. The Kier molecular flexibility index (Phi) is 10.6. The first-order valence-electron chi connectivity index (χ1n) is 12.2. The zero-order valence-corrected chi connectivity index (χ0v) is 22.5. The van der Waals surface area contributed by atoms with Crippen LogP contribution in [-0.4, -0.2) is 52.3 Å². The summed E-state index contributed by atoms with van der Waals surface area (Å²) in [6.45, 7) is 0.240. The van der Waals surface area contributed by atoms with Gasteiger partial charge in [-0.3, -0.25) is 14.9 Å². The van der Waals surface area contributed by atoms with Crippen LogP contribution in [0.15, 0.2) is 71.7 Å². The number of hydrogen-bond acceptors (Lipinski definition) is 7. The number of carbonyl (C=O) groups excluding carboxylic acids is 2. The highest BCUT2D eigenvalue weighted by Gasteiger charge is 2.20. The molecule has 2 amide bonds. The normalized spacial score (nSPS) is 11.7. The molecule has 3 aromatic rings. The minimum Gasteiger partial charge on any atom is -0.497 e. The molecule has 0 aliphatic carbocycles. The molecule has 0 aliphatic heterocycles. The van der Waals surface area contributed by atoms with Gasteiger partial charge in [0, 0.05) is 19.0 Å². The van der Waals surface area contributed by atoms with E-state index in [4.69, 9.17) is 24.7 Å². The van der Waals surface area contributed by atoms with Gasteiger partial charge in [0.25, 0.3) is 0 Å². The Morgan fingerprint density at radius 3 is 2.08 bits per heavy atom. The van der Waals surface area contributed by atoms with Gasteiger partial charge in [-0.05, 0) is 41.0 Å². The van der Waals surface area contributed by atoms with Crippen molar-refractivity contribution in [3.8, 4) is 23.0 Å². The molecule has 3 aromatic carbocycles. The maximum Gasteiger partial charge on any atom is 0.245 e. The van der Waals surface area contributed by atoms with Crippen LogP contribution in [0.4, 0.5) is 0 Å². The number of hydrogen-bond donors (Lipinski definition) is 3. The predicted octanol–water partition coefficient (Wildman–Crippen LogP) is 2.62. The molecule has 0 heterocycles.